The number of oxazole rings is 1. The van der Waals surface area contributed by atoms with E-state index in [1.807, 2.05) is 38.7 Å². The third kappa shape index (κ3) is 7.20. The number of anilines is 1. The fourth-order valence-corrected chi connectivity index (χ4v) is 7.10. The molecule has 2 aromatic rings. The topological polar surface area (TPSA) is 83.6 Å². The molecule has 2 aromatic heterocycles. The highest BCUT2D eigenvalue weighted by atomic mass is 32.2. The summed E-state index contributed by atoms with van der Waals surface area (Å²) in [7, 11) is 0. The van der Waals surface area contributed by atoms with Crippen molar-refractivity contribution in [3.05, 3.63) is 27.8 Å². The maximum atomic E-state index is 14.1. The third-order valence-electron chi connectivity index (χ3n) is 7.21. The summed E-state index contributed by atoms with van der Waals surface area (Å²) in [5.41, 5.74) is 0.331. The summed E-state index contributed by atoms with van der Waals surface area (Å²) in [4.78, 5) is 33.5. The van der Waals surface area contributed by atoms with Crippen LogP contribution in [0.5, 0.6) is 0 Å². The Bertz CT molecular complexity index is 1170. The van der Waals surface area contributed by atoms with Crippen LogP contribution >= 0.6 is 23.1 Å². The predicted molar refractivity (Wildman–Crippen MR) is 149 cm³/mol. The predicted octanol–water partition coefficient (Wildman–Crippen LogP) is 7.40. The summed E-state index contributed by atoms with van der Waals surface area (Å²) in [5.74, 6) is 6.85. The van der Waals surface area contributed by atoms with Crippen LogP contribution in [0.15, 0.2) is 21.9 Å². The highest BCUT2D eigenvalue weighted by molar-refractivity contribution is 7.99. The van der Waals surface area contributed by atoms with Crippen molar-refractivity contribution in [1.82, 2.24) is 4.98 Å². The van der Waals surface area contributed by atoms with E-state index < -0.39 is 5.97 Å². The van der Waals surface area contributed by atoms with Crippen LogP contribution in [0.2, 0.25) is 0 Å². The monoisotopic (exact) mass is 542 g/mol. The molecule has 0 aromatic carbocycles. The standard InChI is InChI=1S/C29H38N2O4S2/c1-18-6-8-20(9-7-18)26(32)31(21-10-12-22(13-11-21)37-28-30-17-19(2)35-28)24-16-23(14-15-29(3,4)5)36-25(24)27(33)34/h16-18,20-22H,6-13H2,1-5H3,(H,33,34)/t18-,20-,21-,22-. The molecule has 0 aliphatic heterocycles. The maximum absolute atomic E-state index is 14.1. The van der Waals surface area contributed by atoms with E-state index in [1.165, 1.54) is 11.3 Å². The molecule has 8 heteroatoms. The molecule has 200 valence electrons. The summed E-state index contributed by atoms with van der Waals surface area (Å²) >= 11 is 2.84. The Labute approximate surface area is 228 Å². The number of rotatable bonds is 6. The average Bonchev–Trinajstić information content (AvgIpc) is 3.45. The van der Waals surface area contributed by atoms with Gasteiger partial charge in [0.25, 0.3) is 5.22 Å². The van der Waals surface area contributed by atoms with Crippen molar-refractivity contribution < 1.29 is 19.1 Å². The van der Waals surface area contributed by atoms with Crippen LogP contribution in [0.1, 0.15) is 99.4 Å². The second-order valence-corrected chi connectivity index (χ2v) is 13.9. The summed E-state index contributed by atoms with van der Waals surface area (Å²) in [6.07, 6.45) is 9.06. The summed E-state index contributed by atoms with van der Waals surface area (Å²) in [6.45, 7) is 10.2. The van der Waals surface area contributed by atoms with E-state index in [-0.39, 0.29) is 28.2 Å². The quantitative estimate of drug-likeness (QED) is 0.383. The minimum Gasteiger partial charge on any atom is -0.477 e. The fraction of sp³-hybridized carbons (Fsp3) is 0.621. The maximum Gasteiger partial charge on any atom is 0.348 e. The molecule has 0 atom stereocenters. The molecule has 4 rings (SSSR count). The van der Waals surface area contributed by atoms with E-state index >= 15 is 0 Å². The molecule has 0 radical (unpaired) electrons. The van der Waals surface area contributed by atoms with E-state index in [0.717, 1.165) is 57.1 Å². The van der Waals surface area contributed by atoms with Gasteiger partial charge in [-0.1, -0.05) is 30.5 Å². The summed E-state index contributed by atoms with van der Waals surface area (Å²) in [5, 5.41) is 11.2. The normalized spacial score (nSPS) is 24.2. The van der Waals surface area contributed by atoms with Crippen molar-refractivity contribution >= 4 is 40.7 Å². The summed E-state index contributed by atoms with van der Waals surface area (Å²) in [6, 6.07) is 1.82. The van der Waals surface area contributed by atoms with Gasteiger partial charge in [0.05, 0.1) is 16.8 Å². The molecule has 0 saturated heterocycles. The lowest BCUT2D eigenvalue weighted by atomic mass is 9.81. The Morgan fingerprint density at radius 3 is 2.38 bits per heavy atom. The van der Waals surface area contributed by atoms with Crippen LogP contribution in [-0.2, 0) is 4.79 Å². The van der Waals surface area contributed by atoms with Crippen LogP contribution in [-0.4, -0.2) is 33.3 Å². The first-order chi connectivity index (χ1) is 17.5. The van der Waals surface area contributed by atoms with E-state index in [9.17, 15) is 14.7 Å². The van der Waals surface area contributed by atoms with Gasteiger partial charge in [-0.05, 0) is 91.0 Å². The smallest absolute Gasteiger partial charge is 0.348 e. The molecule has 2 aliphatic carbocycles. The molecule has 1 N–H and O–H groups in total. The number of aryl methyl sites for hydroxylation is 1. The van der Waals surface area contributed by atoms with Gasteiger partial charge in [0.2, 0.25) is 5.91 Å². The molecular formula is C29H38N2O4S2. The van der Waals surface area contributed by atoms with Crippen molar-refractivity contribution in [3.63, 3.8) is 0 Å². The Morgan fingerprint density at radius 2 is 1.81 bits per heavy atom. The molecule has 2 aliphatic rings. The van der Waals surface area contributed by atoms with Gasteiger partial charge < -0.3 is 14.4 Å². The van der Waals surface area contributed by atoms with Crippen molar-refractivity contribution in [2.75, 3.05) is 4.90 Å². The molecule has 2 heterocycles. The highest BCUT2D eigenvalue weighted by Crippen LogP contribution is 2.41. The molecule has 0 unspecified atom stereocenters. The zero-order valence-electron chi connectivity index (χ0n) is 22.5. The van der Waals surface area contributed by atoms with Gasteiger partial charge in [-0.3, -0.25) is 4.79 Å². The second kappa shape index (κ2) is 11.7. The molecule has 2 saturated carbocycles. The molecule has 0 bridgehead atoms. The van der Waals surface area contributed by atoms with Crippen LogP contribution in [0, 0.1) is 36.0 Å². The molecule has 1 amide bonds. The number of aromatic nitrogens is 1. The average molecular weight is 543 g/mol. The van der Waals surface area contributed by atoms with Gasteiger partial charge in [-0.25, -0.2) is 9.78 Å². The first-order valence-electron chi connectivity index (χ1n) is 13.3. The fourth-order valence-electron chi connectivity index (χ4n) is 5.18. The number of nitrogens with zero attached hydrogens (tertiary/aromatic N) is 2. The highest BCUT2D eigenvalue weighted by Gasteiger charge is 2.37. The van der Waals surface area contributed by atoms with E-state index in [2.05, 4.69) is 23.7 Å². The number of carboxylic acid groups (broad SMARTS) is 1. The van der Waals surface area contributed by atoms with Gasteiger partial charge in [-0.15, -0.1) is 11.3 Å². The van der Waals surface area contributed by atoms with Crippen molar-refractivity contribution in [1.29, 1.82) is 0 Å². The SMILES string of the molecule is Cc1cnc(S[C@H]2CC[C@H](N(c3cc(C#CC(C)(C)C)sc3C(=O)O)C(=O)[C@H]3CC[C@H](C)CC3)CC2)o1. The van der Waals surface area contributed by atoms with Gasteiger partial charge >= 0.3 is 5.97 Å². The van der Waals surface area contributed by atoms with Crippen LogP contribution in [0.3, 0.4) is 0 Å². The van der Waals surface area contributed by atoms with Crippen LogP contribution < -0.4 is 4.90 Å². The first kappa shape index (κ1) is 27.8. The number of carbonyl (C=O) groups excluding carboxylic acids is 1. The zero-order valence-corrected chi connectivity index (χ0v) is 24.1. The molecule has 2 fully saturated rings. The summed E-state index contributed by atoms with van der Waals surface area (Å²) < 4.78 is 5.66. The number of hydrogen-bond acceptors (Lipinski definition) is 6. The Morgan fingerprint density at radius 1 is 1.14 bits per heavy atom. The van der Waals surface area contributed by atoms with Crippen molar-refractivity contribution in [2.24, 2.45) is 17.3 Å². The number of amides is 1. The molecular weight excluding hydrogens is 504 g/mol. The van der Waals surface area contributed by atoms with Gasteiger partial charge in [-0.2, -0.15) is 0 Å². The number of carboxylic acids is 1. The third-order valence-corrected chi connectivity index (χ3v) is 9.43. The van der Waals surface area contributed by atoms with Gasteiger partial charge in [0.1, 0.15) is 10.6 Å². The van der Waals surface area contributed by atoms with Crippen molar-refractivity contribution in [2.45, 2.75) is 102 Å². The minimum atomic E-state index is -0.998. The lowest BCUT2D eigenvalue weighted by Gasteiger charge is -2.39. The Kier molecular flexibility index (Phi) is 8.75. The Hall–Kier alpha value is -2.24. The number of thioether (sulfide) groups is 1. The van der Waals surface area contributed by atoms with E-state index in [1.54, 1.807) is 18.0 Å². The number of hydrogen-bond donors (Lipinski definition) is 1. The van der Waals surface area contributed by atoms with Crippen LogP contribution in [0.25, 0.3) is 0 Å². The van der Waals surface area contributed by atoms with Gasteiger partial charge in [0.15, 0.2) is 0 Å². The molecule has 6 nitrogen and oxygen atoms in total. The second-order valence-electron chi connectivity index (χ2n) is 11.6. The minimum absolute atomic E-state index is 0.0221. The largest absolute Gasteiger partial charge is 0.477 e. The lowest BCUT2D eigenvalue weighted by molar-refractivity contribution is -0.124. The first-order valence-corrected chi connectivity index (χ1v) is 15.0. The van der Waals surface area contributed by atoms with E-state index in [4.69, 9.17) is 4.42 Å². The number of aromatic carboxylic acids is 1. The lowest BCUT2D eigenvalue weighted by Crippen LogP contribution is -2.46. The van der Waals surface area contributed by atoms with E-state index in [0.29, 0.717) is 27.0 Å². The Balaban J connectivity index is 1.61. The van der Waals surface area contributed by atoms with Crippen molar-refractivity contribution in [3.8, 4) is 11.8 Å². The number of carbonyl (C=O) groups is 2. The van der Waals surface area contributed by atoms with Gasteiger partial charge in [0, 0.05) is 22.6 Å². The molecule has 37 heavy (non-hydrogen) atoms. The van der Waals surface area contributed by atoms with Crippen LogP contribution in [0.4, 0.5) is 5.69 Å². The number of thiophene rings is 1. The molecule has 0 spiro atoms. The zero-order chi connectivity index (χ0) is 26.7.